The van der Waals surface area contributed by atoms with Gasteiger partial charge in [0.1, 0.15) is 5.69 Å². The van der Waals surface area contributed by atoms with Gasteiger partial charge in [0.05, 0.1) is 15.0 Å². The van der Waals surface area contributed by atoms with Gasteiger partial charge in [-0.2, -0.15) is 5.10 Å². The highest BCUT2D eigenvalue weighted by atomic mass is 35.5. The molecule has 1 amide bonds. The molecule has 144 valence electrons. The van der Waals surface area contributed by atoms with E-state index in [-0.39, 0.29) is 23.8 Å². The summed E-state index contributed by atoms with van der Waals surface area (Å²) in [7, 11) is 0. The minimum Gasteiger partial charge on any atom is -0.468 e. The van der Waals surface area contributed by atoms with Gasteiger partial charge in [0.15, 0.2) is 18.2 Å². The molecule has 0 radical (unpaired) electrons. The maximum Gasteiger partial charge on any atom is 0.293 e. The van der Waals surface area contributed by atoms with Gasteiger partial charge in [-0.25, -0.2) is 4.68 Å². The Labute approximate surface area is 169 Å². The number of aromatic nitrogens is 2. The van der Waals surface area contributed by atoms with Crippen LogP contribution in [0, 0.1) is 17.0 Å². The van der Waals surface area contributed by atoms with Crippen LogP contribution in [-0.4, -0.2) is 20.6 Å². The van der Waals surface area contributed by atoms with Crippen molar-refractivity contribution in [1.82, 2.24) is 9.78 Å². The van der Waals surface area contributed by atoms with E-state index in [9.17, 15) is 14.9 Å². The molecule has 0 saturated heterocycles. The third-order valence-corrected chi connectivity index (χ3v) is 4.33. The number of amides is 1. The van der Waals surface area contributed by atoms with Crippen molar-refractivity contribution >= 4 is 40.5 Å². The van der Waals surface area contributed by atoms with Crippen LogP contribution in [0.3, 0.4) is 0 Å². The van der Waals surface area contributed by atoms with Crippen LogP contribution < -0.4 is 10.1 Å². The maximum atomic E-state index is 12.4. The number of para-hydroxylation sites is 1. The van der Waals surface area contributed by atoms with Crippen molar-refractivity contribution in [3.05, 3.63) is 80.1 Å². The third-order valence-electron chi connectivity index (χ3n) is 3.73. The molecule has 0 aliphatic heterocycles. The molecular formula is C18H14Cl2N4O4. The van der Waals surface area contributed by atoms with Gasteiger partial charge in [-0.1, -0.05) is 35.3 Å². The number of carbonyl (C=O) groups is 1. The summed E-state index contributed by atoms with van der Waals surface area (Å²) in [6, 6.07) is 11.0. The summed E-state index contributed by atoms with van der Waals surface area (Å²) < 4.78 is 6.92. The van der Waals surface area contributed by atoms with Gasteiger partial charge in [-0.15, -0.1) is 0 Å². The topological polar surface area (TPSA) is 99.3 Å². The van der Waals surface area contributed by atoms with Gasteiger partial charge in [0.2, 0.25) is 0 Å². The lowest BCUT2D eigenvalue weighted by Gasteiger charge is -2.09. The fraction of sp³-hybridized carbons (Fsp3) is 0.111. The number of halogens is 2. The molecule has 1 heterocycles. The first-order chi connectivity index (χ1) is 13.3. The second kappa shape index (κ2) is 8.28. The Hall–Kier alpha value is -3.10. The van der Waals surface area contributed by atoms with Crippen LogP contribution in [0.5, 0.6) is 5.75 Å². The van der Waals surface area contributed by atoms with Crippen molar-refractivity contribution in [3.63, 3.8) is 0 Å². The fourth-order valence-electron chi connectivity index (χ4n) is 2.39. The van der Waals surface area contributed by atoms with Gasteiger partial charge in [0.25, 0.3) is 11.6 Å². The average molecular weight is 421 g/mol. The zero-order valence-electron chi connectivity index (χ0n) is 14.6. The summed E-state index contributed by atoms with van der Waals surface area (Å²) in [6.45, 7) is 1.70. The Kier molecular flexibility index (Phi) is 5.81. The van der Waals surface area contributed by atoms with E-state index in [4.69, 9.17) is 27.9 Å². The lowest BCUT2D eigenvalue weighted by molar-refractivity contribution is -0.384. The fourth-order valence-corrected chi connectivity index (χ4v) is 2.90. The van der Waals surface area contributed by atoms with Crippen LogP contribution in [0.15, 0.2) is 48.7 Å². The summed E-state index contributed by atoms with van der Waals surface area (Å²) in [4.78, 5) is 23.0. The van der Waals surface area contributed by atoms with Crippen molar-refractivity contribution < 1.29 is 14.5 Å². The summed E-state index contributed by atoms with van der Waals surface area (Å²) >= 11 is 12.1. The van der Waals surface area contributed by atoms with Crippen LogP contribution in [0.2, 0.25) is 10.0 Å². The van der Waals surface area contributed by atoms with E-state index in [0.29, 0.717) is 21.4 Å². The van der Waals surface area contributed by atoms with E-state index < -0.39 is 10.8 Å². The lowest BCUT2D eigenvalue weighted by atomic mass is 10.2. The molecule has 0 aliphatic carbocycles. The number of ether oxygens (including phenoxy) is 1. The Bertz CT molecular complexity index is 1030. The van der Waals surface area contributed by atoms with Gasteiger partial charge in [0, 0.05) is 12.3 Å². The number of anilines is 1. The first-order valence-corrected chi connectivity index (χ1v) is 8.77. The molecule has 0 spiro atoms. The number of nitrogens with one attached hydrogen (secondary N) is 1. The molecule has 0 unspecified atom stereocenters. The normalized spacial score (nSPS) is 10.5. The molecule has 1 aromatic heterocycles. The Morgan fingerprint density at radius 2 is 1.96 bits per heavy atom. The number of nitrogens with zero attached hydrogens (tertiary/aromatic N) is 3. The summed E-state index contributed by atoms with van der Waals surface area (Å²) in [6.07, 6.45) is 1.53. The van der Waals surface area contributed by atoms with E-state index in [1.54, 1.807) is 31.2 Å². The number of aryl methyl sites for hydroxylation is 1. The SMILES string of the molecule is Cc1ccc(NC(=O)c2ccn(COc3c(Cl)cccc3Cl)n2)c([N+](=O)[O-])c1. The molecule has 1 N–H and O–H groups in total. The van der Waals surface area contributed by atoms with Crippen LogP contribution in [-0.2, 0) is 6.73 Å². The second-order valence-corrected chi connectivity index (χ2v) is 6.61. The monoisotopic (exact) mass is 420 g/mol. The highest BCUT2D eigenvalue weighted by molar-refractivity contribution is 6.37. The van der Waals surface area contributed by atoms with Crippen LogP contribution in [0.4, 0.5) is 11.4 Å². The van der Waals surface area contributed by atoms with Gasteiger partial charge < -0.3 is 10.1 Å². The highest BCUT2D eigenvalue weighted by Gasteiger charge is 2.18. The summed E-state index contributed by atoms with van der Waals surface area (Å²) in [5.74, 6) is -0.274. The van der Waals surface area contributed by atoms with Crippen molar-refractivity contribution in [3.8, 4) is 5.75 Å². The molecule has 28 heavy (non-hydrogen) atoms. The minimum atomic E-state index is -0.582. The Morgan fingerprint density at radius 3 is 2.64 bits per heavy atom. The van der Waals surface area contributed by atoms with Crippen LogP contribution in [0.25, 0.3) is 0 Å². The Morgan fingerprint density at radius 1 is 1.25 bits per heavy atom. The lowest BCUT2D eigenvalue weighted by Crippen LogP contribution is -2.15. The number of hydrogen-bond acceptors (Lipinski definition) is 5. The second-order valence-electron chi connectivity index (χ2n) is 5.80. The summed E-state index contributed by atoms with van der Waals surface area (Å²) in [5.41, 5.74) is 0.687. The molecule has 0 atom stereocenters. The minimum absolute atomic E-state index is 0.0264. The molecule has 10 heteroatoms. The number of rotatable bonds is 6. The zero-order valence-corrected chi connectivity index (χ0v) is 16.1. The molecule has 0 fully saturated rings. The number of nitro benzene ring substituents is 1. The van der Waals surface area contributed by atoms with Crippen molar-refractivity contribution in [1.29, 1.82) is 0 Å². The molecule has 8 nitrogen and oxygen atoms in total. The highest BCUT2D eigenvalue weighted by Crippen LogP contribution is 2.32. The molecule has 0 aliphatic rings. The molecule has 0 bridgehead atoms. The first kappa shape index (κ1) is 19.7. The number of nitro groups is 1. The quantitative estimate of drug-likeness (QED) is 0.460. The van der Waals surface area contributed by atoms with Crippen LogP contribution >= 0.6 is 23.2 Å². The molecule has 0 saturated carbocycles. The van der Waals surface area contributed by atoms with Crippen molar-refractivity contribution in [2.75, 3.05) is 5.32 Å². The predicted molar refractivity (Wildman–Crippen MR) is 105 cm³/mol. The van der Waals surface area contributed by atoms with Gasteiger partial charge in [-0.05, 0) is 36.8 Å². The molecule has 2 aromatic carbocycles. The number of carbonyl (C=O) groups excluding carboxylic acids is 1. The smallest absolute Gasteiger partial charge is 0.293 e. The maximum absolute atomic E-state index is 12.4. The van der Waals surface area contributed by atoms with E-state index >= 15 is 0 Å². The predicted octanol–water partition coefficient (Wildman–Crippen LogP) is 4.70. The molecule has 3 aromatic rings. The first-order valence-electron chi connectivity index (χ1n) is 8.02. The van der Waals surface area contributed by atoms with E-state index in [0.717, 1.165) is 0 Å². The largest absolute Gasteiger partial charge is 0.468 e. The third kappa shape index (κ3) is 4.41. The van der Waals surface area contributed by atoms with E-state index in [1.807, 2.05) is 0 Å². The van der Waals surface area contributed by atoms with E-state index in [2.05, 4.69) is 10.4 Å². The molecule has 3 rings (SSSR count). The van der Waals surface area contributed by atoms with Crippen molar-refractivity contribution in [2.45, 2.75) is 13.7 Å². The summed E-state index contributed by atoms with van der Waals surface area (Å²) in [5, 5.41) is 18.5. The van der Waals surface area contributed by atoms with Gasteiger partial charge >= 0.3 is 0 Å². The number of benzene rings is 2. The Balaban J connectivity index is 1.70. The number of hydrogen-bond donors (Lipinski definition) is 1. The standard InChI is InChI=1S/C18H14Cl2N4O4/c1-11-5-6-14(16(9-11)24(26)27)21-18(25)15-7-8-23(22-15)10-28-17-12(19)3-2-4-13(17)20/h2-9H,10H2,1H3,(H,21,25). The van der Waals surface area contributed by atoms with Crippen LogP contribution in [0.1, 0.15) is 16.1 Å². The van der Waals surface area contributed by atoms with Gasteiger partial charge in [-0.3, -0.25) is 14.9 Å². The molecular weight excluding hydrogens is 407 g/mol. The van der Waals surface area contributed by atoms with E-state index in [1.165, 1.54) is 29.1 Å². The van der Waals surface area contributed by atoms with Crippen molar-refractivity contribution in [2.24, 2.45) is 0 Å². The average Bonchev–Trinajstić information content (AvgIpc) is 3.12. The zero-order chi connectivity index (χ0) is 20.3.